The van der Waals surface area contributed by atoms with E-state index in [9.17, 15) is 0 Å². The van der Waals surface area contributed by atoms with E-state index in [1.54, 1.807) is 0 Å². The van der Waals surface area contributed by atoms with Crippen molar-refractivity contribution in [1.82, 2.24) is 4.90 Å². The van der Waals surface area contributed by atoms with Crippen molar-refractivity contribution in [3.8, 4) is 0 Å². The maximum Gasteiger partial charge on any atom is 0.0125 e. The zero-order valence-corrected chi connectivity index (χ0v) is 12.7. The predicted molar refractivity (Wildman–Crippen MR) is 75.1 cm³/mol. The maximum absolute atomic E-state index is 2.75. The summed E-state index contributed by atoms with van der Waals surface area (Å²) in [7, 11) is 0. The highest BCUT2D eigenvalue weighted by atomic mass is 15.2. The molecular formula is C16H31N. The number of fused-ring (bicyclic) bond motifs is 4. The Morgan fingerprint density at radius 1 is 0.882 bits per heavy atom. The van der Waals surface area contributed by atoms with E-state index < -0.39 is 0 Å². The molecule has 0 spiro atoms. The van der Waals surface area contributed by atoms with Gasteiger partial charge in [-0.1, -0.05) is 20.8 Å². The quantitative estimate of drug-likeness (QED) is 0.611. The van der Waals surface area contributed by atoms with Gasteiger partial charge in [0.1, 0.15) is 0 Å². The van der Waals surface area contributed by atoms with Gasteiger partial charge in [-0.15, -0.1) is 0 Å². The van der Waals surface area contributed by atoms with E-state index >= 15 is 0 Å². The third-order valence-corrected chi connectivity index (χ3v) is 5.10. The second-order valence-electron chi connectivity index (χ2n) is 8.49. The summed E-state index contributed by atoms with van der Waals surface area (Å²) in [6.07, 6.45) is 4.42. The molecule has 3 atom stereocenters. The average Bonchev–Trinajstić information content (AvgIpc) is 2.45. The van der Waals surface area contributed by atoms with Crippen molar-refractivity contribution >= 4 is 0 Å². The van der Waals surface area contributed by atoms with Crippen molar-refractivity contribution in [3.63, 3.8) is 0 Å². The van der Waals surface area contributed by atoms with Gasteiger partial charge in [-0.2, -0.15) is 0 Å². The van der Waals surface area contributed by atoms with Gasteiger partial charge in [0.05, 0.1) is 0 Å². The summed E-state index contributed by atoms with van der Waals surface area (Å²) in [5.41, 5.74) is 0.852. The number of nitrogens with zero attached hydrogens (tertiary/aromatic N) is 1. The van der Waals surface area contributed by atoms with Crippen LogP contribution in [0, 0.1) is 23.2 Å². The van der Waals surface area contributed by atoms with E-state index in [1.165, 1.54) is 32.4 Å². The summed E-state index contributed by atoms with van der Waals surface area (Å²) >= 11 is 0. The molecule has 0 aromatic rings. The molecule has 0 aromatic heterocycles. The Morgan fingerprint density at radius 3 is 2.06 bits per heavy atom. The van der Waals surface area contributed by atoms with E-state index in [2.05, 4.69) is 46.4 Å². The second kappa shape index (κ2) is 4.26. The van der Waals surface area contributed by atoms with Crippen LogP contribution in [-0.2, 0) is 0 Å². The van der Waals surface area contributed by atoms with Crippen LogP contribution in [0.15, 0.2) is 0 Å². The summed E-state index contributed by atoms with van der Waals surface area (Å²) in [5, 5.41) is 0. The Hall–Kier alpha value is -0.0400. The van der Waals surface area contributed by atoms with Crippen LogP contribution in [0.3, 0.4) is 0 Å². The molecule has 0 N–H and O–H groups in total. The lowest BCUT2D eigenvalue weighted by atomic mass is 9.64. The first kappa shape index (κ1) is 13.4. The normalized spacial score (nSPS) is 36.0. The number of hydrogen-bond donors (Lipinski definition) is 0. The maximum atomic E-state index is 2.75. The Bertz CT molecular complexity index is 266. The highest BCUT2D eigenvalue weighted by molar-refractivity contribution is 4.95. The molecule has 0 radical (unpaired) electrons. The largest absolute Gasteiger partial charge is 0.298 e. The molecular weight excluding hydrogens is 206 g/mol. The lowest BCUT2D eigenvalue weighted by Crippen LogP contribution is -2.44. The summed E-state index contributed by atoms with van der Waals surface area (Å²) in [4.78, 5) is 2.75. The van der Waals surface area contributed by atoms with Crippen molar-refractivity contribution in [3.05, 3.63) is 0 Å². The van der Waals surface area contributed by atoms with Gasteiger partial charge in [0.25, 0.3) is 0 Å². The molecule has 1 saturated carbocycles. The average molecular weight is 237 g/mol. The molecule has 1 heteroatoms. The molecule has 1 aliphatic carbocycles. The highest BCUT2D eigenvalue weighted by Crippen LogP contribution is 2.47. The molecule has 2 heterocycles. The van der Waals surface area contributed by atoms with E-state index in [-0.39, 0.29) is 0 Å². The SMILES string of the molecule is CC(C)(C)C1CC2CCC1CN(C(C)(C)C)C2. The molecule has 2 saturated heterocycles. The summed E-state index contributed by atoms with van der Waals surface area (Å²) in [5.74, 6) is 2.83. The lowest BCUT2D eigenvalue weighted by Gasteiger charge is -2.41. The smallest absolute Gasteiger partial charge is 0.0125 e. The summed E-state index contributed by atoms with van der Waals surface area (Å²) in [6, 6.07) is 0. The molecule has 3 fully saturated rings. The third kappa shape index (κ3) is 2.86. The molecule has 3 rings (SSSR count). The van der Waals surface area contributed by atoms with Gasteiger partial charge in [0.15, 0.2) is 0 Å². The minimum absolute atomic E-state index is 0.355. The lowest BCUT2D eigenvalue weighted by molar-refractivity contribution is 0.0841. The Morgan fingerprint density at radius 2 is 1.53 bits per heavy atom. The standard InChI is InChI=1S/C16H31N/c1-15(2,3)14-9-12-7-8-13(14)11-17(10-12)16(4,5)6/h12-14H,7-11H2,1-6H3. The van der Waals surface area contributed by atoms with Gasteiger partial charge in [-0.25, -0.2) is 0 Å². The minimum atomic E-state index is 0.355. The molecule has 0 aromatic carbocycles. The zero-order valence-electron chi connectivity index (χ0n) is 12.7. The van der Waals surface area contributed by atoms with Crippen LogP contribution in [0.4, 0.5) is 0 Å². The molecule has 1 nitrogen and oxygen atoms in total. The van der Waals surface area contributed by atoms with E-state index in [4.69, 9.17) is 0 Å². The van der Waals surface area contributed by atoms with Crippen molar-refractivity contribution in [1.29, 1.82) is 0 Å². The van der Waals surface area contributed by atoms with E-state index in [0.717, 1.165) is 17.8 Å². The number of rotatable bonds is 0. The second-order valence-corrected chi connectivity index (χ2v) is 8.49. The zero-order chi connectivity index (χ0) is 12.8. The van der Waals surface area contributed by atoms with Crippen LogP contribution in [0.1, 0.15) is 60.8 Å². The van der Waals surface area contributed by atoms with Crippen LogP contribution >= 0.6 is 0 Å². The predicted octanol–water partition coefficient (Wildman–Crippen LogP) is 4.18. The molecule has 0 amide bonds. The van der Waals surface area contributed by atoms with Crippen molar-refractivity contribution in [2.45, 2.75) is 66.3 Å². The molecule has 17 heavy (non-hydrogen) atoms. The van der Waals surface area contributed by atoms with Gasteiger partial charge >= 0.3 is 0 Å². The highest BCUT2D eigenvalue weighted by Gasteiger charge is 2.43. The van der Waals surface area contributed by atoms with Crippen molar-refractivity contribution < 1.29 is 0 Å². The van der Waals surface area contributed by atoms with Gasteiger partial charge in [-0.3, -0.25) is 4.90 Å². The fraction of sp³-hybridized carbons (Fsp3) is 1.00. The summed E-state index contributed by atoms with van der Waals surface area (Å²) < 4.78 is 0. The molecule has 100 valence electrons. The minimum Gasteiger partial charge on any atom is -0.298 e. The van der Waals surface area contributed by atoms with E-state index in [0.29, 0.717) is 11.0 Å². The van der Waals surface area contributed by atoms with Gasteiger partial charge in [0.2, 0.25) is 0 Å². The molecule has 2 bridgehead atoms. The van der Waals surface area contributed by atoms with Crippen LogP contribution in [0.2, 0.25) is 0 Å². The monoisotopic (exact) mass is 237 g/mol. The Labute approximate surface area is 108 Å². The third-order valence-electron chi connectivity index (χ3n) is 5.10. The Balaban J connectivity index is 2.17. The van der Waals surface area contributed by atoms with Gasteiger partial charge in [-0.05, 0) is 63.2 Å². The first-order valence-corrected chi connectivity index (χ1v) is 7.43. The van der Waals surface area contributed by atoms with Gasteiger partial charge < -0.3 is 0 Å². The summed E-state index contributed by atoms with van der Waals surface area (Å²) in [6.45, 7) is 17.1. The van der Waals surface area contributed by atoms with Crippen molar-refractivity contribution in [2.24, 2.45) is 23.2 Å². The molecule has 2 aliphatic heterocycles. The molecule has 3 unspecified atom stereocenters. The molecule has 3 aliphatic rings. The fourth-order valence-electron chi connectivity index (χ4n) is 3.98. The fourth-order valence-corrected chi connectivity index (χ4v) is 3.98. The van der Waals surface area contributed by atoms with E-state index in [1.807, 2.05) is 0 Å². The van der Waals surface area contributed by atoms with Crippen LogP contribution in [0.25, 0.3) is 0 Å². The van der Waals surface area contributed by atoms with Crippen LogP contribution in [0.5, 0.6) is 0 Å². The Kier molecular flexibility index (Phi) is 3.36. The first-order valence-electron chi connectivity index (χ1n) is 7.43. The number of hydrogen-bond acceptors (Lipinski definition) is 1. The first-order chi connectivity index (χ1) is 7.68. The van der Waals surface area contributed by atoms with Crippen LogP contribution < -0.4 is 0 Å². The van der Waals surface area contributed by atoms with Crippen LogP contribution in [-0.4, -0.2) is 23.5 Å². The van der Waals surface area contributed by atoms with Gasteiger partial charge in [0, 0.05) is 18.6 Å². The topological polar surface area (TPSA) is 3.24 Å². The van der Waals surface area contributed by atoms with Crippen molar-refractivity contribution in [2.75, 3.05) is 13.1 Å².